The van der Waals surface area contributed by atoms with Crippen molar-refractivity contribution >= 4 is 39.5 Å². The summed E-state index contributed by atoms with van der Waals surface area (Å²) in [6, 6.07) is 18.8. The zero-order valence-corrected chi connectivity index (χ0v) is 29.7. The summed E-state index contributed by atoms with van der Waals surface area (Å²) in [7, 11) is 0. The largest absolute Gasteiger partial charge is 0.489 e. The molecule has 2 fully saturated rings. The van der Waals surface area contributed by atoms with Gasteiger partial charge in [0.2, 0.25) is 17.7 Å². The van der Waals surface area contributed by atoms with Crippen LogP contribution in [0.2, 0.25) is 0 Å². The molecule has 0 spiro atoms. The fourth-order valence-electron chi connectivity index (χ4n) is 7.39. The first-order chi connectivity index (χ1) is 27.3. The molecule has 3 amide bonds. The van der Waals surface area contributed by atoms with Gasteiger partial charge in [0, 0.05) is 72.4 Å². The highest BCUT2D eigenvalue weighted by atomic mass is 19.3. The number of aromatic nitrogens is 4. The summed E-state index contributed by atoms with van der Waals surface area (Å²) in [4.78, 5) is 51.2. The molecule has 0 bridgehead atoms. The third-order valence-corrected chi connectivity index (χ3v) is 10.3. The molecule has 56 heavy (non-hydrogen) atoms. The molecular formula is C42H32F2N6O6. The Morgan fingerprint density at radius 1 is 0.839 bits per heavy atom. The van der Waals surface area contributed by atoms with Crippen molar-refractivity contribution in [3.8, 4) is 40.3 Å². The fourth-order valence-corrected chi connectivity index (χ4v) is 7.39. The van der Waals surface area contributed by atoms with E-state index >= 15 is 0 Å². The molecule has 1 saturated heterocycles. The zero-order valence-electron chi connectivity index (χ0n) is 29.7. The van der Waals surface area contributed by atoms with E-state index in [1.165, 1.54) is 11.1 Å². The number of hydrogen-bond acceptors (Lipinski definition) is 9. The van der Waals surface area contributed by atoms with Gasteiger partial charge in [0.1, 0.15) is 42.0 Å². The van der Waals surface area contributed by atoms with Crippen molar-refractivity contribution in [3.63, 3.8) is 0 Å². The van der Waals surface area contributed by atoms with Gasteiger partial charge < -0.3 is 19.1 Å². The molecule has 1 atom stereocenters. The number of ether oxygens (including phenoxy) is 3. The van der Waals surface area contributed by atoms with Gasteiger partial charge in [-0.3, -0.25) is 29.3 Å². The number of fused-ring (bicyclic) bond motifs is 4. The van der Waals surface area contributed by atoms with Gasteiger partial charge in [-0.1, -0.05) is 18.1 Å². The normalized spacial score (nSPS) is 19.0. The minimum atomic E-state index is -2.69. The summed E-state index contributed by atoms with van der Waals surface area (Å²) in [5.41, 5.74) is 4.24. The van der Waals surface area contributed by atoms with E-state index in [9.17, 15) is 23.2 Å². The quantitative estimate of drug-likeness (QED) is 0.135. The number of nitrogens with zero attached hydrogens (tertiary/aromatic N) is 5. The van der Waals surface area contributed by atoms with Crippen LogP contribution in [0.3, 0.4) is 0 Å². The molecule has 6 aromatic rings. The van der Waals surface area contributed by atoms with E-state index in [1.807, 2.05) is 24.3 Å². The van der Waals surface area contributed by atoms with Crippen LogP contribution in [-0.2, 0) is 16.1 Å². The lowest BCUT2D eigenvalue weighted by Gasteiger charge is -2.34. The van der Waals surface area contributed by atoms with Gasteiger partial charge in [-0.15, -0.1) is 0 Å². The maximum atomic E-state index is 14.0. The second-order valence-corrected chi connectivity index (χ2v) is 13.8. The Labute approximate surface area is 318 Å². The molecule has 12 nitrogen and oxygen atoms in total. The molecule has 14 heteroatoms. The number of rotatable bonds is 9. The molecular weight excluding hydrogens is 722 g/mol. The molecule has 4 aromatic heterocycles. The lowest BCUT2D eigenvalue weighted by Crippen LogP contribution is -2.52. The van der Waals surface area contributed by atoms with Gasteiger partial charge in [-0.2, -0.15) is 8.78 Å². The van der Waals surface area contributed by atoms with E-state index in [0.717, 1.165) is 21.3 Å². The summed E-state index contributed by atoms with van der Waals surface area (Å²) in [5, 5.41) is 3.70. The fraction of sp³-hybridized carbons (Fsp3) is 0.238. The molecule has 0 radical (unpaired) electrons. The Morgan fingerprint density at radius 3 is 2.46 bits per heavy atom. The van der Waals surface area contributed by atoms with Crippen LogP contribution in [0, 0.1) is 11.8 Å². The predicted octanol–water partition coefficient (Wildman–Crippen LogP) is 6.22. The Bertz CT molecular complexity index is 2580. The number of alkyl halides is 2. The first kappa shape index (κ1) is 34.9. The van der Waals surface area contributed by atoms with Crippen LogP contribution in [0.15, 0.2) is 91.5 Å². The van der Waals surface area contributed by atoms with E-state index in [1.54, 1.807) is 61.1 Å². The Morgan fingerprint density at radius 2 is 1.68 bits per heavy atom. The van der Waals surface area contributed by atoms with Gasteiger partial charge in [0.25, 0.3) is 5.91 Å². The summed E-state index contributed by atoms with van der Waals surface area (Å²) >= 11 is 0. The minimum Gasteiger partial charge on any atom is -0.489 e. The number of hydrogen-bond donors (Lipinski definition) is 1. The number of halogens is 2. The lowest BCUT2D eigenvalue weighted by molar-refractivity contribution is -0.136. The number of amides is 3. The van der Waals surface area contributed by atoms with Gasteiger partial charge >= 0.3 is 6.55 Å². The van der Waals surface area contributed by atoms with Crippen LogP contribution in [0.5, 0.6) is 17.4 Å². The third-order valence-electron chi connectivity index (χ3n) is 10.3. The van der Waals surface area contributed by atoms with Crippen molar-refractivity contribution in [1.29, 1.82) is 0 Å². The summed E-state index contributed by atoms with van der Waals surface area (Å²) < 4.78 is 47.0. The van der Waals surface area contributed by atoms with E-state index < -0.39 is 18.5 Å². The topological polar surface area (TPSA) is 138 Å². The molecule has 1 aliphatic carbocycles. The van der Waals surface area contributed by atoms with Crippen LogP contribution in [0.1, 0.15) is 53.8 Å². The van der Waals surface area contributed by atoms with Crippen LogP contribution in [0.4, 0.5) is 8.78 Å². The highest BCUT2D eigenvalue weighted by molar-refractivity contribution is 6.09. The van der Waals surface area contributed by atoms with Crippen molar-refractivity contribution in [2.24, 2.45) is 0 Å². The van der Waals surface area contributed by atoms with Crippen molar-refractivity contribution in [2.75, 3.05) is 6.61 Å². The second-order valence-electron chi connectivity index (χ2n) is 13.8. The maximum Gasteiger partial charge on any atom is 0.319 e. The predicted molar refractivity (Wildman–Crippen MR) is 199 cm³/mol. The SMILES string of the molecule is O=C1CCC(N2Cc3cc(OCC#Cc4ccc(O[C@H]5C[C@H](Oc6ccc(-c7ccc8c9cnccc9n(C(F)F)c8c7)cn6)C5)cn4)ccc3C2=O)C(=O)N1. The second kappa shape index (κ2) is 14.4. The van der Waals surface area contributed by atoms with Crippen LogP contribution in [-0.4, -0.2) is 67.0 Å². The van der Waals surface area contributed by atoms with E-state index in [0.29, 0.717) is 69.7 Å². The number of carbonyl (C=O) groups is 3. The number of piperidine rings is 1. The molecule has 2 aliphatic heterocycles. The van der Waals surface area contributed by atoms with Crippen molar-refractivity contribution in [3.05, 3.63) is 108 Å². The van der Waals surface area contributed by atoms with Crippen LogP contribution < -0.4 is 19.5 Å². The molecule has 9 rings (SSSR count). The van der Waals surface area contributed by atoms with Crippen molar-refractivity contribution in [1.82, 2.24) is 29.7 Å². The van der Waals surface area contributed by atoms with Crippen molar-refractivity contribution < 1.29 is 37.4 Å². The van der Waals surface area contributed by atoms with Crippen LogP contribution >= 0.6 is 0 Å². The number of benzene rings is 2. The van der Waals surface area contributed by atoms with Crippen molar-refractivity contribution in [2.45, 2.75) is 57.0 Å². The number of imide groups is 1. The Hall–Kier alpha value is -6.88. The first-order valence-electron chi connectivity index (χ1n) is 18.1. The van der Waals surface area contributed by atoms with Gasteiger partial charge in [-0.05, 0) is 72.0 Å². The minimum absolute atomic E-state index is 0.0337. The Kier molecular flexibility index (Phi) is 8.97. The van der Waals surface area contributed by atoms with Gasteiger partial charge in [0.05, 0.1) is 17.2 Å². The maximum absolute atomic E-state index is 14.0. The molecule has 1 unspecified atom stereocenters. The highest BCUT2D eigenvalue weighted by Crippen LogP contribution is 2.36. The molecule has 280 valence electrons. The van der Waals surface area contributed by atoms with E-state index in [4.69, 9.17) is 14.2 Å². The van der Waals surface area contributed by atoms with Gasteiger partial charge in [-0.25, -0.2) is 9.97 Å². The van der Waals surface area contributed by atoms with Gasteiger partial charge in [0.15, 0.2) is 0 Å². The Balaban J connectivity index is 0.736. The van der Waals surface area contributed by atoms with E-state index in [-0.39, 0.29) is 43.6 Å². The standard InChI is InChI=1S/C42H32F2N6O6/c43-42(44)50-35-13-14-45-22-34(35)33-8-3-24(17-37(33)50)25-4-12-39(47-20-25)56-31-18-30(19-31)55-29-6-5-27(46-21-29)2-1-15-54-28-7-9-32-26(16-28)23-49(41(32)53)36-10-11-38(51)48-40(36)52/h3-9,12-14,16-17,20-22,30-31,36,42H,10-11,15,18-19,23H2,(H,48,51,52)/t30-,31-,36?. The molecule has 1 N–H and O–H groups in total. The van der Waals surface area contributed by atoms with E-state index in [2.05, 4.69) is 32.1 Å². The zero-order chi connectivity index (χ0) is 38.3. The molecule has 2 aromatic carbocycles. The summed E-state index contributed by atoms with van der Waals surface area (Å²) in [6.45, 7) is -2.32. The third kappa shape index (κ3) is 6.72. The van der Waals surface area contributed by atoms with Crippen LogP contribution in [0.25, 0.3) is 32.9 Å². The summed E-state index contributed by atoms with van der Waals surface area (Å²) in [5.74, 6) is 6.56. The monoisotopic (exact) mass is 754 g/mol. The number of pyridine rings is 3. The average Bonchev–Trinajstić information content (AvgIpc) is 3.70. The number of nitrogens with one attached hydrogen (secondary N) is 1. The average molecular weight is 755 g/mol. The highest BCUT2D eigenvalue weighted by Gasteiger charge is 2.39. The lowest BCUT2D eigenvalue weighted by atomic mass is 9.92. The molecule has 3 aliphatic rings. The molecule has 1 saturated carbocycles. The first-order valence-corrected chi connectivity index (χ1v) is 18.1. The molecule has 6 heterocycles. The smallest absolute Gasteiger partial charge is 0.319 e. The number of carbonyl (C=O) groups excluding carboxylic acids is 3. The summed E-state index contributed by atoms with van der Waals surface area (Å²) in [6.07, 6.45) is 8.20.